The predicted molar refractivity (Wildman–Crippen MR) is 90.9 cm³/mol. The molecular weight excluding hydrogens is 258 g/mol. The van der Waals surface area contributed by atoms with Crippen molar-refractivity contribution in [3.05, 3.63) is 48.0 Å². The normalized spacial score (nSPS) is 21.0. The summed E-state index contributed by atoms with van der Waals surface area (Å²) in [5, 5.41) is 3.59. The summed E-state index contributed by atoms with van der Waals surface area (Å²) in [7, 11) is 3.96. The number of nitrogens with zero attached hydrogens (tertiary/aromatic N) is 2. The number of guanidine groups is 1. The van der Waals surface area contributed by atoms with Gasteiger partial charge in [0.1, 0.15) is 0 Å². The first kappa shape index (κ1) is 15.6. The minimum absolute atomic E-state index is 0.520. The molecule has 3 nitrogen and oxygen atoms in total. The average molecular weight is 285 g/mol. The second-order valence-electron chi connectivity index (χ2n) is 5.85. The largest absolute Gasteiger partial charge is 0.353 e. The van der Waals surface area contributed by atoms with E-state index in [1.165, 1.54) is 17.5 Å². The Morgan fingerprint density at radius 3 is 2.90 bits per heavy atom. The van der Waals surface area contributed by atoms with Crippen LogP contribution in [0.5, 0.6) is 0 Å². The van der Waals surface area contributed by atoms with Gasteiger partial charge in [0.2, 0.25) is 0 Å². The quantitative estimate of drug-likeness (QED) is 0.376. The second-order valence-corrected chi connectivity index (χ2v) is 5.85. The Bertz CT molecular complexity index is 507. The molecule has 1 N–H and O–H groups in total. The maximum absolute atomic E-state index is 4.40. The van der Waals surface area contributed by atoms with Crippen molar-refractivity contribution in [2.45, 2.75) is 38.1 Å². The van der Waals surface area contributed by atoms with Crippen molar-refractivity contribution in [1.82, 2.24) is 10.2 Å². The van der Waals surface area contributed by atoms with Crippen LogP contribution >= 0.6 is 0 Å². The summed E-state index contributed by atoms with van der Waals surface area (Å²) in [6, 6.07) is 9.20. The van der Waals surface area contributed by atoms with Gasteiger partial charge in [-0.15, -0.1) is 6.58 Å². The highest BCUT2D eigenvalue weighted by molar-refractivity contribution is 5.80. The van der Waals surface area contributed by atoms with Crippen LogP contribution in [0.15, 0.2) is 41.9 Å². The lowest BCUT2D eigenvalue weighted by atomic mass is 10.0. The van der Waals surface area contributed by atoms with Gasteiger partial charge in [0.15, 0.2) is 5.96 Å². The second kappa shape index (κ2) is 7.30. The zero-order chi connectivity index (χ0) is 15.2. The van der Waals surface area contributed by atoms with Crippen LogP contribution in [-0.4, -0.2) is 37.5 Å². The van der Waals surface area contributed by atoms with Crippen LogP contribution in [0.1, 0.15) is 36.3 Å². The van der Waals surface area contributed by atoms with Crippen LogP contribution in [0.25, 0.3) is 0 Å². The third-order valence-electron chi connectivity index (χ3n) is 4.17. The monoisotopic (exact) mass is 285 g/mol. The van der Waals surface area contributed by atoms with Crippen molar-refractivity contribution in [2.24, 2.45) is 4.99 Å². The molecule has 2 rings (SSSR count). The number of aryl methyl sites for hydroxylation is 1. The van der Waals surface area contributed by atoms with Gasteiger partial charge in [0, 0.05) is 32.6 Å². The molecule has 1 aliphatic carbocycles. The first-order valence-electron chi connectivity index (χ1n) is 7.78. The van der Waals surface area contributed by atoms with E-state index in [1.54, 1.807) is 0 Å². The Morgan fingerprint density at radius 1 is 1.48 bits per heavy atom. The number of nitrogens with one attached hydrogen (secondary N) is 1. The maximum atomic E-state index is 4.40. The summed E-state index contributed by atoms with van der Waals surface area (Å²) in [6.45, 7) is 6.97. The Labute approximate surface area is 128 Å². The van der Waals surface area contributed by atoms with E-state index in [1.807, 2.05) is 13.1 Å². The molecule has 1 aromatic rings. The highest BCUT2D eigenvalue weighted by Gasteiger charge is 2.39. The van der Waals surface area contributed by atoms with Gasteiger partial charge in [-0.3, -0.25) is 4.99 Å². The summed E-state index contributed by atoms with van der Waals surface area (Å²) < 4.78 is 0. The fraction of sp³-hybridized carbons (Fsp3) is 0.500. The number of aliphatic imine (C=N–C) groups is 1. The first-order chi connectivity index (χ1) is 10.2. The molecule has 1 fully saturated rings. The molecule has 0 saturated heterocycles. The van der Waals surface area contributed by atoms with E-state index in [9.17, 15) is 0 Å². The van der Waals surface area contributed by atoms with Crippen molar-refractivity contribution in [1.29, 1.82) is 0 Å². The first-order valence-corrected chi connectivity index (χ1v) is 7.78. The molecule has 0 aliphatic heterocycles. The third kappa shape index (κ3) is 4.10. The fourth-order valence-corrected chi connectivity index (χ4v) is 2.79. The fourth-order valence-electron chi connectivity index (χ4n) is 2.79. The standard InChI is InChI=1S/C18H27N3/c1-5-6-9-12-21(4)18(19-3)20-17-13-16(17)15-11-8-7-10-14(15)2/h5,7-8,10-11,16-17H,1,6,9,12-13H2,2-4H3,(H,19,20). The lowest BCUT2D eigenvalue weighted by molar-refractivity contribution is 0.469. The Morgan fingerprint density at radius 2 is 2.24 bits per heavy atom. The summed E-state index contributed by atoms with van der Waals surface area (Å²) in [5.74, 6) is 1.63. The van der Waals surface area contributed by atoms with E-state index in [4.69, 9.17) is 0 Å². The molecule has 1 aromatic carbocycles. The smallest absolute Gasteiger partial charge is 0.193 e. The topological polar surface area (TPSA) is 27.6 Å². The molecule has 114 valence electrons. The number of unbranched alkanes of at least 4 members (excludes halogenated alkanes) is 1. The molecule has 0 amide bonds. The summed E-state index contributed by atoms with van der Waals surface area (Å²) in [4.78, 5) is 6.61. The van der Waals surface area contributed by atoms with Crippen LogP contribution in [0.4, 0.5) is 0 Å². The van der Waals surface area contributed by atoms with Gasteiger partial charge in [0.05, 0.1) is 0 Å². The molecule has 1 saturated carbocycles. The third-order valence-corrected chi connectivity index (χ3v) is 4.17. The van der Waals surface area contributed by atoms with E-state index < -0.39 is 0 Å². The van der Waals surface area contributed by atoms with Crippen molar-refractivity contribution < 1.29 is 0 Å². The van der Waals surface area contributed by atoms with Crippen molar-refractivity contribution >= 4 is 5.96 Å². The molecule has 0 aromatic heterocycles. The van der Waals surface area contributed by atoms with Gasteiger partial charge in [-0.2, -0.15) is 0 Å². The van der Waals surface area contributed by atoms with Gasteiger partial charge >= 0.3 is 0 Å². The van der Waals surface area contributed by atoms with E-state index in [0.29, 0.717) is 12.0 Å². The molecule has 1 aliphatic rings. The Kier molecular flexibility index (Phi) is 5.43. The van der Waals surface area contributed by atoms with Gasteiger partial charge in [0.25, 0.3) is 0 Å². The zero-order valence-corrected chi connectivity index (χ0v) is 13.5. The maximum Gasteiger partial charge on any atom is 0.193 e. The molecule has 0 bridgehead atoms. The number of rotatable bonds is 6. The van der Waals surface area contributed by atoms with Crippen LogP contribution in [0, 0.1) is 6.92 Å². The number of benzene rings is 1. The van der Waals surface area contributed by atoms with Crippen LogP contribution < -0.4 is 5.32 Å². The Balaban J connectivity index is 1.87. The van der Waals surface area contributed by atoms with E-state index in [2.05, 4.69) is 60.0 Å². The van der Waals surface area contributed by atoms with Gasteiger partial charge in [-0.25, -0.2) is 0 Å². The number of hydrogen-bond acceptors (Lipinski definition) is 1. The van der Waals surface area contributed by atoms with Crippen molar-refractivity contribution in [3.8, 4) is 0 Å². The minimum Gasteiger partial charge on any atom is -0.353 e. The summed E-state index contributed by atoms with van der Waals surface area (Å²) in [6.07, 6.45) is 5.34. The molecule has 3 heteroatoms. The van der Waals surface area contributed by atoms with E-state index >= 15 is 0 Å². The number of hydrogen-bond donors (Lipinski definition) is 1. The molecule has 21 heavy (non-hydrogen) atoms. The van der Waals surface area contributed by atoms with Crippen LogP contribution in [-0.2, 0) is 0 Å². The summed E-state index contributed by atoms with van der Waals surface area (Å²) >= 11 is 0. The van der Waals surface area contributed by atoms with E-state index in [-0.39, 0.29) is 0 Å². The zero-order valence-electron chi connectivity index (χ0n) is 13.5. The van der Waals surface area contributed by atoms with Crippen molar-refractivity contribution in [2.75, 3.05) is 20.6 Å². The predicted octanol–water partition coefficient (Wildman–Crippen LogP) is 3.32. The molecule has 0 heterocycles. The van der Waals surface area contributed by atoms with Gasteiger partial charge in [-0.05, 0) is 37.3 Å². The summed E-state index contributed by atoms with van der Waals surface area (Å²) in [5.41, 5.74) is 2.86. The molecular formula is C18H27N3. The molecule has 0 radical (unpaired) electrons. The van der Waals surface area contributed by atoms with E-state index in [0.717, 1.165) is 25.3 Å². The Hall–Kier alpha value is -1.77. The molecule has 2 unspecified atom stereocenters. The lowest BCUT2D eigenvalue weighted by Crippen LogP contribution is -2.40. The van der Waals surface area contributed by atoms with Crippen molar-refractivity contribution in [3.63, 3.8) is 0 Å². The van der Waals surface area contributed by atoms with Crippen LogP contribution in [0.3, 0.4) is 0 Å². The average Bonchev–Trinajstić information content (AvgIpc) is 3.24. The highest BCUT2D eigenvalue weighted by Crippen LogP contribution is 2.42. The lowest BCUT2D eigenvalue weighted by Gasteiger charge is -2.22. The minimum atomic E-state index is 0.520. The SMILES string of the molecule is C=CCCCN(C)C(=NC)NC1CC1c1ccccc1C. The van der Waals surface area contributed by atoms with Gasteiger partial charge < -0.3 is 10.2 Å². The van der Waals surface area contributed by atoms with Crippen LogP contribution in [0.2, 0.25) is 0 Å². The van der Waals surface area contributed by atoms with Gasteiger partial charge in [-0.1, -0.05) is 30.3 Å². The highest BCUT2D eigenvalue weighted by atomic mass is 15.3. The molecule has 2 atom stereocenters. The number of allylic oxidation sites excluding steroid dienone is 1. The molecule has 0 spiro atoms.